The number of nitrogens with zero attached hydrogens (tertiary/aromatic N) is 8. The Morgan fingerprint density at radius 3 is 1.56 bits per heavy atom. The van der Waals surface area contributed by atoms with Gasteiger partial charge in [0, 0.05) is 101 Å². The highest BCUT2D eigenvalue weighted by molar-refractivity contribution is 7.88. The number of hydrogen-bond acceptors (Lipinski definition) is 10. The van der Waals surface area contributed by atoms with Gasteiger partial charge >= 0.3 is 0 Å². The smallest absolute Gasteiger partial charge is 0.232 e. The maximum Gasteiger partial charge on any atom is 0.232 e. The molecule has 0 spiro atoms. The number of nitrogens with one attached hydrogen (secondary N) is 2. The molecule has 18 heteroatoms. The SMILES string of the molecule is CC1CN(S(C)(=O)=O)CCN1Cc1ccc(-c2cccn3nc(NC(=O)C4(C5(C(=O)Nc6cc7c(-c8ccc(CCN9CCN(S(C)(=O)=O)CC9)cc8)cccn7n6)CC5)CC4)cc23)cc1. The van der Waals surface area contributed by atoms with Crippen molar-refractivity contribution < 1.29 is 26.4 Å². The molecular weight excluding hydrogens is 877 g/mol. The van der Waals surface area contributed by atoms with E-state index in [1.54, 1.807) is 17.6 Å². The van der Waals surface area contributed by atoms with E-state index in [0.29, 0.717) is 70.0 Å². The third kappa shape index (κ3) is 8.65. The van der Waals surface area contributed by atoms with Crippen molar-refractivity contribution in [2.45, 2.75) is 51.6 Å². The minimum atomic E-state index is -3.21. The molecule has 2 saturated heterocycles. The molecule has 2 N–H and O–H groups in total. The third-order valence-electron chi connectivity index (χ3n) is 14.4. The second kappa shape index (κ2) is 17.0. The monoisotopic (exact) mass is 932 g/mol. The van der Waals surface area contributed by atoms with Gasteiger partial charge in [-0.15, -0.1) is 0 Å². The lowest BCUT2D eigenvalue weighted by atomic mass is 9.83. The van der Waals surface area contributed by atoms with Crippen LogP contribution in [0.2, 0.25) is 0 Å². The van der Waals surface area contributed by atoms with E-state index >= 15 is 0 Å². The highest BCUT2D eigenvalue weighted by Gasteiger charge is 2.73. The van der Waals surface area contributed by atoms with Gasteiger partial charge in [-0.05, 0) is 73.4 Å². The van der Waals surface area contributed by atoms with Crippen LogP contribution in [0, 0.1) is 10.8 Å². The maximum absolute atomic E-state index is 14.2. The lowest BCUT2D eigenvalue weighted by Crippen LogP contribution is -2.52. The van der Waals surface area contributed by atoms with Gasteiger partial charge in [0.2, 0.25) is 31.9 Å². The van der Waals surface area contributed by atoms with Crippen molar-refractivity contribution in [3.63, 3.8) is 0 Å². The van der Waals surface area contributed by atoms with Crippen molar-refractivity contribution in [3.05, 3.63) is 108 Å². The highest BCUT2D eigenvalue weighted by Crippen LogP contribution is 2.71. The number of rotatable bonds is 14. The Morgan fingerprint density at radius 1 is 0.636 bits per heavy atom. The summed E-state index contributed by atoms with van der Waals surface area (Å²) in [6, 6.07) is 28.7. The zero-order chi connectivity index (χ0) is 46.0. The molecule has 2 aromatic carbocycles. The van der Waals surface area contributed by atoms with E-state index in [2.05, 4.69) is 75.9 Å². The first-order chi connectivity index (χ1) is 31.6. The van der Waals surface area contributed by atoms with Gasteiger partial charge in [-0.1, -0.05) is 60.7 Å². The Kier molecular flexibility index (Phi) is 11.4. The molecule has 4 aromatic heterocycles. The minimum Gasteiger partial charge on any atom is -0.309 e. The molecular formula is C48H56N10O6S2. The number of piperazine rings is 2. The Labute approximate surface area is 385 Å². The summed E-state index contributed by atoms with van der Waals surface area (Å²) < 4.78 is 54.5. The summed E-state index contributed by atoms with van der Waals surface area (Å²) in [5.74, 6) is 0.491. The number of anilines is 2. The van der Waals surface area contributed by atoms with Gasteiger partial charge in [-0.2, -0.15) is 18.8 Å². The molecule has 1 atom stereocenters. The summed E-state index contributed by atoms with van der Waals surface area (Å²) in [7, 11) is -6.36. The summed E-state index contributed by atoms with van der Waals surface area (Å²) in [6.07, 6.45) is 9.60. The van der Waals surface area contributed by atoms with E-state index in [-0.39, 0.29) is 17.9 Å². The van der Waals surface area contributed by atoms with Crippen LogP contribution in [-0.2, 0) is 42.6 Å². The summed E-state index contributed by atoms with van der Waals surface area (Å²) in [5, 5.41) is 15.6. The fraction of sp³-hybridized carbons (Fsp3) is 0.417. The first-order valence-corrected chi connectivity index (χ1v) is 26.4. The topological polar surface area (TPSA) is 174 Å². The predicted octanol–water partition coefficient (Wildman–Crippen LogP) is 5.04. The van der Waals surface area contributed by atoms with Crippen LogP contribution in [0.4, 0.5) is 11.6 Å². The number of fused-ring (bicyclic) bond motifs is 2. The molecule has 1 unspecified atom stereocenters. The maximum atomic E-state index is 14.2. The number of aromatic nitrogens is 4. The Bertz CT molecular complexity index is 3040. The van der Waals surface area contributed by atoms with Gasteiger partial charge in [-0.3, -0.25) is 14.5 Å². The summed E-state index contributed by atoms with van der Waals surface area (Å²) >= 11 is 0. The van der Waals surface area contributed by atoms with Crippen molar-refractivity contribution in [1.82, 2.24) is 37.6 Å². The van der Waals surface area contributed by atoms with Crippen LogP contribution in [0.1, 0.15) is 43.7 Å². The van der Waals surface area contributed by atoms with Crippen LogP contribution in [0.25, 0.3) is 33.3 Å². The molecule has 66 heavy (non-hydrogen) atoms. The molecule has 2 saturated carbocycles. The zero-order valence-electron chi connectivity index (χ0n) is 37.6. The Balaban J connectivity index is 0.775. The van der Waals surface area contributed by atoms with Gasteiger partial charge in [0.15, 0.2) is 11.6 Å². The number of pyridine rings is 2. The third-order valence-corrected chi connectivity index (χ3v) is 17.0. The van der Waals surface area contributed by atoms with E-state index in [9.17, 15) is 26.4 Å². The predicted molar refractivity (Wildman–Crippen MR) is 255 cm³/mol. The van der Waals surface area contributed by atoms with E-state index < -0.39 is 30.9 Å². The van der Waals surface area contributed by atoms with E-state index in [1.807, 2.05) is 48.8 Å². The molecule has 2 aliphatic heterocycles. The Morgan fingerprint density at radius 2 is 1.11 bits per heavy atom. The largest absolute Gasteiger partial charge is 0.309 e. The van der Waals surface area contributed by atoms with E-state index in [1.165, 1.54) is 18.1 Å². The lowest BCUT2D eigenvalue weighted by molar-refractivity contribution is -0.132. The average molecular weight is 933 g/mol. The van der Waals surface area contributed by atoms with Crippen LogP contribution >= 0.6 is 0 Å². The Hall–Kier alpha value is -5.50. The first kappa shape index (κ1) is 44.3. The van der Waals surface area contributed by atoms with Crippen molar-refractivity contribution >= 4 is 54.5 Å². The van der Waals surface area contributed by atoms with Crippen molar-refractivity contribution in [1.29, 1.82) is 0 Å². The lowest BCUT2D eigenvalue weighted by Gasteiger charge is -2.38. The fourth-order valence-corrected chi connectivity index (χ4v) is 11.9. The molecule has 0 bridgehead atoms. The van der Waals surface area contributed by atoms with Crippen LogP contribution in [0.3, 0.4) is 0 Å². The van der Waals surface area contributed by atoms with Crippen LogP contribution in [0.15, 0.2) is 97.3 Å². The second-order valence-electron chi connectivity index (χ2n) is 18.7. The normalized spacial score (nSPS) is 20.4. The van der Waals surface area contributed by atoms with Crippen LogP contribution in [-0.4, -0.2) is 137 Å². The average Bonchev–Trinajstić information content (AvgIpc) is 4.21. The number of carbonyl (C=O) groups is 2. The molecule has 16 nitrogen and oxygen atoms in total. The molecule has 0 radical (unpaired) electrons. The molecule has 346 valence electrons. The number of benzene rings is 2. The van der Waals surface area contributed by atoms with Gasteiger partial charge < -0.3 is 15.5 Å². The first-order valence-electron chi connectivity index (χ1n) is 22.7. The number of hydrogen-bond donors (Lipinski definition) is 2. The van der Waals surface area contributed by atoms with Crippen molar-refractivity contribution in [2.75, 3.05) is 75.5 Å². The van der Waals surface area contributed by atoms with Gasteiger partial charge in [0.05, 0.1) is 34.4 Å². The van der Waals surface area contributed by atoms with Crippen LogP contribution in [0.5, 0.6) is 0 Å². The summed E-state index contributed by atoms with van der Waals surface area (Å²) in [4.78, 5) is 33.0. The molecule has 4 fully saturated rings. The van der Waals surface area contributed by atoms with Crippen molar-refractivity contribution in [2.24, 2.45) is 10.8 Å². The quantitative estimate of drug-likeness (QED) is 0.151. The minimum absolute atomic E-state index is 0.105. The number of sulfonamides is 2. The molecule has 10 rings (SSSR count). The second-order valence-corrected chi connectivity index (χ2v) is 22.7. The standard InChI is InChI=1S/C48H56N10O6S2/c1-34-32-56(66(3,63)64)29-26-54(34)33-36-10-14-38(15-11-36)40-7-5-22-58-42(40)31-44(52-58)50-46(60)48(19-20-48)47(17-18-47)45(59)49-43-30-41-39(6-4-21-57(41)51-43)37-12-8-35(9-13-37)16-23-53-24-27-55(28-25-53)65(2,61)62/h4-15,21-22,30-31,34H,16-20,23-29,32-33H2,1-3H3,(H,49,51,59)(H,50,52,60). The van der Waals surface area contributed by atoms with Gasteiger partial charge in [0.1, 0.15) is 0 Å². The fourth-order valence-electron chi connectivity index (χ4n) is 10.2. The molecule has 4 aliphatic rings. The van der Waals surface area contributed by atoms with Gasteiger partial charge in [-0.25, -0.2) is 25.9 Å². The highest BCUT2D eigenvalue weighted by atomic mass is 32.2. The molecule has 6 heterocycles. The summed E-state index contributed by atoms with van der Waals surface area (Å²) in [6.45, 7) is 7.80. The van der Waals surface area contributed by atoms with Crippen molar-refractivity contribution in [3.8, 4) is 22.3 Å². The summed E-state index contributed by atoms with van der Waals surface area (Å²) in [5.41, 5.74) is 6.38. The molecule has 2 amide bonds. The number of carbonyl (C=O) groups excluding carboxylic acids is 2. The molecule has 6 aromatic rings. The van der Waals surface area contributed by atoms with E-state index in [4.69, 9.17) is 10.2 Å². The van der Waals surface area contributed by atoms with Gasteiger partial charge in [0.25, 0.3) is 0 Å². The molecule has 2 aliphatic carbocycles. The van der Waals surface area contributed by atoms with E-state index in [0.717, 1.165) is 71.5 Å². The van der Waals surface area contributed by atoms with Crippen LogP contribution < -0.4 is 10.6 Å². The zero-order valence-corrected chi connectivity index (χ0v) is 39.2. The number of amides is 2.